The molecule has 4 heteroatoms. The molecule has 16 heavy (non-hydrogen) atoms. The van der Waals surface area contributed by atoms with E-state index in [1.54, 1.807) is 0 Å². The molecule has 2 rings (SSSR count). The van der Waals surface area contributed by atoms with Crippen molar-refractivity contribution in [2.75, 3.05) is 44.9 Å². The number of thioether (sulfide) groups is 1. The van der Waals surface area contributed by atoms with Gasteiger partial charge in [0, 0.05) is 30.3 Å². The molecule has 1 N–H and O–H groups in total. The van der Waals surface area contributed by atoms with Crippen LogP contribution in [0.25, 0.3) is 0 Å². The number of likely N-dealkylation sites (N-methyl/N-ethyl adjacent to an activating group) is 1. The zero-order valence-corrected chi connectivity index (χ0v) is 11.3. The highest BCUT2D eigenvalue weighted by Crippen LogP contribution is 2.23. The van der Waals surface area contributed by atoms with Crippen LogP contribution >= 0.6 is 11.8 Å². The topological polar surface area (TPSA) is 24.5 Å². The summed E-state index contributed by atoms with van der Waals surface area (Å²) in [7, 11) is 2.28. The van der Waals surface area contributed by atoms with Crippen LogP contribution in [0.1, 0.15) is 13.3 Å². The predicted molar refractivity (Wildman–Crippen MR) is 70.1 cm³/mol. The number of nitrogens with zero attached hydrogens (tertiary/aromatic N) is 1. The van der Waals surface area contributed by atoms with E-state index in [1.165, 1.54) is 24.5 Å². The fourth-order valence-electron chi connectivity index (χ4n) is 2.66. The molecule has 0 bridgehead atoms. The van der Waals surface area contributed by atoms with Crippen molar-refractivity contribution in [1.82, 2.24) is 10.2 Å². The Morgan fingerprint density at radius 1 is 1.44 bits per heavy atom. The Bertz CT molecular complexity index is 209. The molecule has 2 saturated heterocycles. The maximum Gasteiger partial charge on any atom is 0.0623 e. The van der Waals surface area contributed by atoms with Gasteiger partial charge in [0.05, 0.1) is 13.2 Å². The van der Waals surface area contributed by atoms with Crippen molar-refractivity contribution >= 4 is 11.8 Å². The number of hydrogen-bond acceptors (Lipinski definition) is 4. The van der Waals surface area contributed by atoms with Crippen LogP contribution in [0.5, 0.6) is 0 Å². The molecule has 0 aromatic rings. The molecule has 3 atom stereocenters. The Balaban J connectivity index is 1.78. The third-order valence-electron chi connectivity index (χ3n) is 3.72. The van der Waals surface area contributed by atoms with Gasteiger partial charge in [-0.15, -0.1) is 0 Å². The van der Waals surface area contributed by atoms with E-state index in [9.17, 15) is 0 Å². The quantitative estimate of drug-likeness (QED) is 0.781. The van der Waals surface area contributed by atoms with Crippen LogP contribution in [-0.2, 0) is 4.74 Å². The minimum absolute atomic E-state index is 0.571. The molecule has 2 aliphatic rings. The average Bonchev–Trinajstić information content (AvgIpc) is 2.90. The second-order valence-electron chi connectivity index (χ2n) is 4.92. The molecule has 3 unspecified atom stereocenters. The number of hydrogen-bond donors (Lipinski definition) is 1. The second kappa shape index (κ2) is 6.24. The summed E-state index contributed by atoms with van der Waals surface area (Å²) in [6, 6.07) is 1.37. The second-order valence-corrected chi connectivity index (χ2v) is 6.07. The van der Waals surface area contributed by atoms with Gasteiger partial charge in [0.15, 0.2) is 0 Å². The summed E-state index contributed by atoms with van der Waals surface area (Å²) in [6.07, 6.45) is 1.36. The Labute approximate surface area is 103 Å². The molecule has 2 fully saturated rings. The first-order valence-corrected chi connectivity index (χ1v) is 7.55. The summed E-state index contributed by atoms with van der Waals surface area (Å²) < 4.78 is 5.59. The lowest BCUT2D eigenvalue weighted by molar-refractivity contribution is 0.164. The van der Waals surface area contributed by atoms with Crippen molar-refractivity contribution in [1.29, 1.82) is 0 Å². The highest BCUT2D eigenvalue weighted by molar-refractivity contribution is 7.99. The van der Waals surface area contributed by atoms with Gasteiger partial charge < -0.3 is 15.0 Å². The first-order valence-electron chi connectivity index (χ1n) is 6.40. The Hall–Kier alpha value is 0.230. The lowest BCUT2D eigenvalue weighted by Crippen LogP contribution is -2.43. The summed E-state index contributed by atoms with van der Waals surface area (Å²) >= 11 is 2.09. The van der Waals surface area contributed by atoms with Crippen molar-refractivity contribution in [2.24, 2.45) is 5.92 Å². The van der Waals surface area contributed by atoms with Gasteiger partial charge in [-0.3, -0.25) is 0 Å². The van der Waals surface area contributed by atoms with E-state index in [-0.39, 0.29) is 0 Å². The average molecular weight is 244 g/mol. The molecule has 3 nitrogen and oxygen atoms in total. The Kier molecular flexibility index (Phi) is 4.95. The number of nitrogens with one attached hydrogen (secondary N) is 1. The summed E-state index contributed by atoms with van der Waals surface area (Å²) in [6.45, 7) is 6.23. The molecule has 2 aliphatic heterocycles. The Morgan fingerprint density at radius 2 is 2.31 bits per heavy atom. The van der Waals surface area contributed by atoms with E-state index in [4.69, 9.17) is 4.74 Å². The van der Waals surface area contributed by atoms with E-state index in [2.05, 4.69) is 35.9 Å². The normalized spacial score (nSPS) is 35.1. The van der Waals surface area contributed by atoms with Crippen LogP contribution in [0.2, 0.25) is 0 Å². The molecule has 94 valence electrons. The first kappa shape index (κ1) is 12.7. The third-order valence-corrected chi connectivity index (χ3v) is 4.86. The lowest BCUT2D eigenvalue weighted by Gasteiger charge is -2.28. The highest BCUT2D eigenvalue weighted by atomic mass is 32.2. The van der Waals surface area contributed by atoms with Crippen LogP contribution in [0.4, 0.5) is 0 Å². The molecule has 0 aromatic carbocycles. The van der Waals surface area contributed by atoms with E-state index in [0.29, 0.717) is 12.0 Å². The van der Waals surface area contributed by atoms with Crippen molar-refractivity contribution < 1.29 is 4.74 Å². The monoisotopic (exact) mass is 244 g/mol. The minimum atomic E-state index is 0.571. The maximum atomic E-state index is 5.59. The van der Waals surface area contributed by atoms with Crippen LogP contribution in [0.15, 0.2) is 0 Å². The van der Waals surface area contributed by atoms with Gasteiger partial charge in [0.25, 0.3) is 0 Å². The van der Waals surface area contributed by atoms with Crippen LogP contribution in [-0.4, -0.2) is 61.8 Å². The SMILES string of the molecule is CCNC1COCC1CN(C)C1CCSC1. The van der Waals surface area contributed by atoms with Gasteiger partial charge in [-0.1, -0.05) is 6.92 Å². The third kappa shape index (κ3) is 3.13. The maximum absolute atomic E-state index is 5.59. The van der Waals surface area contributed by atoms with E-state index < -0.39 is 0 Å². The number of ether oxygens (including phenoxy) is 1. The molecular formula is C12H24N2OS. The van der Waals surface area contributed by atoms with E-state index in [0.717, 1.165) is 25.8 Å². The fourth-order valence-corrected chi connectivity index (χ4v) is 3.95. The molecule has 0 aromatic heterocycles. The molecule has 0 spiro atoms. The summed E-state index contributed by atoms with van der Waals surface area (Å²) in [4.78, 5) is 2.55. The van der Waals surface area contributed by atoms with Crippen LogP contribution < -0.4 is 5.32 Å². The molecule has 0 amide bonds. The molecule has 0 radical (unpaired) electrons. The van der Waals surface area contributed by atoms with Crippen molar-refractivity contribution in [2.45, 2.75) is 25.4 Å². The van der Waals surface area contributed by atoms with Crippen molar-refractivity contribution in [3.05, 3.63) is 0 Å². The molecule has 0 saturated carbocycles. The largest absolute Gasteiger partial charge is 0.379 e. The molecular weight excluding hydrogens is 220 g/mol. The predicted octanol–water partition coefficient (Wildman–Crippen LogP) is 1.05. The summed E-state index contributed by atoms with van der Waals surface area (Å²) in [5, 5.41) is 3.53. The highest BCUT2D eigenvalue weighted by Gasteiger charge is 2.30. The summed E-state index contributed by atoms with van der Waals surface area (Å²) in [5.41, 5.74) is 0. The van der Waals surface area contributed by atoms with Gasteiger partial charge in [-0.05, 0) is 25.8 Å². The van der Waals surface area contributed by atoms with Gasteiger partial charge in [0.1, 0.15) is 0 Å². The fraction of sp³-hybridized carbons (Fsp3) is 1.00. The van der Waals surface area contributed by atoms with Crippen LogP contribution in [0.3, 0.4) is 0 Å². The lowest BCUT2D eigenvalue weighted by atomic mass is 10.0. The zero-order chi connectivity index (χ0) is 11.4. The van der Waals surface area contributed by atoms with Gasteiger partial charge in [0.2, 0.25) is 0 Å². The standard InChI is InChI=1S/C12H24N2OS/c1-3-13-12-8-15-7-10(12)6-14(2)11-4-5-16-9-11/h10-13H,3-9H2,1-2H3. The van der Waals surface area contributed by atoms with Gasteiger partial charge in [-0.2, -0.15) is 11.8 Å². The van der Waals surface area contributed by atoms with E-state index >= 15 is 0 Å². The smallest absolute Gasteiger partial charge is 0.0623 e. The van der Waals surface area contributed by atoms with Gasteiger partial charge in [-0.25, -0.2) is 0 Å². The first-order chi connectivity index (χ1) is 7.81. The zero-order valence-electron chi connectivity index (χ0n) is 10.4. The Morgan fingerprint density at radius 3 is 3.00 bits per heavy atom. The molecule has 2 heterocycles. The van der Waals surface area contributed by atoms with E-state index in [1.807, 2.05) is 0 Å². The minimum Gasteiger partial charge on any atom is -0.379 e. The summed E-state index contributed by atoms with van der Waals surface area (Å²) in [5.74, 6) is 3.33. The van der Waals surface area contributed by atoms with Crippen LogP contribution in [0, 0.1) is 5.92 Å². The van der Waals surface area contributed by atoms with Crippen molar-refractivity contribution in [3.63, 3.8) is 0 Å². The molecule has 0 aliphatic carbocycles. The van der Waals surface area contributed by atoms with Gasteiger partial charge >= 0.3 is 0 Å². The van der Waals surface area contributed by atoms with Crippen molar-refractivity contribution in [3.8, 4) is 0 Å². The number of rotatable bonds is 5.